The highest BCUT2D eigenvalue weighted by molar-refractivity contribution is 5.30. The van der Waals surface area contributed by atoms with Crippen LogP contribution in [0.5, 0.6) is 0 Å². The van der Waals surface area contributed by atoms with E-state index in [4.69, 9.17) is 9.47 Å². The lowest BCUT2D eigenvalue weighted by Crippen LogP contribution is -2.17. The summed E-state index contributed by atoms with van der Waals surface area (Å²) in [5.74, 6) is 2.00. The number of hydrogen-bond acceptors (Lipinski definition) is 2. The third kappa shape index (κ3) is 1.22. The molecular formula is C10H14O2. The molecule has 66 valence electrons. The Hall–Kier alpha value is -0.920. The lowest BCUT2D eigenvalue weighted by Gasteiger charge is -2.26. The third-order valence-electron chi connectivity index (χ3n) is 2.33. The highest BCUT2D eigenvalue weighted by atomic mass is 16.6. The molecule has 1 saturated heterocycles. The Morgan fingerprint density at radius 1 is 1.33 bits per heavy atom. The van der Waals surface area contributed by atoms with Crippen molar-refractivity contribution in [2.24, 2.45) is 0 Å². The van der Waals surface area contributed by atoms with Crippen molar-refractivity contribution in [2.75, 3.05) is 13.2 Å². The van der Waals surface area contributed by atoms with Gasteiger partial charge in [-0.05, 0) is 30.9 Å². The highest BCUT2D eigenvalue weighted by Crippen LogP contribution is 2.30. The van der Waals surface area contributed by atoms with Gasteiger partial charge >= 0.3 is 0 Å². The smallest absolute Gasteiger partial charge is 0.160 e. The van der Waals surface area contributed by atoms with Crippen LogP contribution in [0.25, 0.3) is 0 Å². The average molecular weight is 166 g/mol. The maximum absolute atomic E-state index is 5.57. The number of ether oxygens (including phenoxy) is 2. The molecule has 0 radical (unpaired) electrons. The van der Waals surface area contributed by atoms with Crippen molar-refractivity contribution in [2.45, 2.75) is 26.2 Å². The molecule has 2 heteroatoms. The predicted octanol–water partition coefficient (Wildman–Crippen LogP) is 2.38. The maximum atomic E-state index is 5.57. The van der Waals surface area contributed by atoms with Gasteiger partial charge in [0.1, 0.15) is 13.2 Å². The van der Waals surface area contributed by atoms with Crippen LogP contribution in [0, 0.1) is 0 Å². The molecule has 0 aromatic carbocycles. The van der Waals surface area contributed by atoms with Crippen LogP contribution in [0.1, 0.15) is 26.2 Å². The van der Waals surface area contributed by atoms with Gasteiger partial charge in [0.15, 0.2) is 11.5 Å². The van der Waals surface area contributed by atoms with Crippen LogP contribution in [0.4, 0.5) is 0 Å². The summed E-state index contributed by atoms with van der Waals surface area (Å²) >= 11 is 0. The summed E-state index contributed by atoms with van der Waals surface area (Å²) in [4.78, 5) is 0. The van der Waals surface area contributed by atoms with Gasteiger partial charge in [0, 0.05) is 0 Å². The van der Waals surface area contributed by atoms with E-state index in [1.54, 1.807) is 0 Å². The Bertz CT molecular complexity index is 238. The highest BCUT2D eigenvalue weighted by Gasteiger charge is 2.20. The van der Waals surface area contributed by atoms with Crippen LogP contribution in [0.2, 0.25) is 0 Å². The van der Waals surface area contributed by atoms with E-state index in [1.165, 1.54) is 5.57 Å². The number of allylic oxidation sites excluding steroid dienone is 2. The largest absolute Gasteiger partial charge is 0.486 e. The molecule has 2 rings (SSSR count). The first-order valence-corrected chi connectivity index (χ1v) is 4.60. The van der Waals surface area contributed by atoms with Crippen molar-refractivity contribution < 1.29 is 9.47 Å². The Morgan fingerprint density at radius 2 is 2.17 bits per heavy atom. The molecule has 0 spiro atoms. The van der Waals surface area contributed by atoms with Gasteiger partial charge in [-0.2, -0.15) is 0 Å². The second-order valence-electron chi connectivity index (χ2n) is 3.09. The molecule has 12 heavy (non-hydrogen) atoms. The zero-order chi connectivity index (χ0) is 8.39. The first kappa shape index (κ1) is 7.71. The predicted molar refractivity (Wildman–Crippen MR) is 46.5 cm³/mol. The van der Waals surface area contributed by atoms with Crippen molar-refractivity contribution in [3.63, 3.8) is 0 Å². The van der Waals surface area contributed by atoms with Gasteiger partial charge in [-0.3, -0.25) is 0 Å². The first-order chi connectivity index (χ1) is 5.92. The number of fused-ring (bicyclic) bond motifs is 1. The van der Waals surface area contributed by atoms with Crippen LogP contribution >= 0.6 is 0 Å². The fraction of sp³-hybridized carbons (Fsp3) is 0.600. The van der Waals surface area contributed by atoms with Gasteiger partial charge in [0.05, 0.1) is 0 Å². The summed E-state index contributed by atoms with van der Waals surface area (Å²) in [5.41, 5.74) is 1.41. The molecule has 0 amide bonds. The Kier molecular flexibility index (Phi) is 2.07. The SMILES string of the molecule is CCC1=C2OCCOC2=CCC1. The zero-order valence-electron chi connectivity index (χ0n) is 7.43. The van der Waals surface area contributed by atoms with Gasteiger partial charge in [0.2, 0.25) is 0 Å². The maximum Gasteiger partial charge on any atom is 0.160 e. The molecule has 1 aliphatic heterocycles. The number of rotatable bonds is 1. The van der Waals surface area contributed by atoms with Gasteiger partial charge in [-0.1, -0.05) is 6.92 Å². The van der Waals surface area contributed by atoms with E-state index >= 15 is 0 Å². The van der Waals surface area contributed by atoms with E-state index in [2.05, 4.69) is 13.0 Å². The minimum Gasteiger partial charge on any atom is -0.486 e. The lowest BCUT2D eigenvalue weighted by atomic mass is 10.00. The van der Waals surface area contributed by atoms with E-state index in [1.807, 2.05) is 0 Å². The van der Waals surface area contributed by atoms with Gasteiger partial charge in [0.25, 0.3) is 0 Å². The first-order valence-electron chi connectivity index (χ1n) is 4.60. The van der Waals surface area contributed by atoms with Crippen LogP contribution in [0.15, 0.2) is 23.2 Å². The topological polar surface area (TPSA) is 18.5 Å². The van der Waals surface area contributed by atoms with Crippen LogP contribution in [0.3, 0.4) is 0 Å². The Morgan fingerprint density at radius 3 is 3.00 bits per heavy atom. The van der Waals surface area contributed by atoms with Crippen LogP contribution in [-0.4, -0.2) is 13.2 Å². The molecule has 0 saturated carbocycles. The second-order valence-corrected chi connectivity index (χ2v) is 3.09. The average Bonchev–Trinajstić information content (AvgIpc) is 2.17. The van der Waals surface area contributed by atoms with Crippen molar-refractivity contribution >= 4 is 0 Å². The minimum atomic E-state index is 0.701. The summed E-state index contributed by atoms with van der Waals surface area (Å²) in [7, 11) is 0. The molecule has 0 N–H and O–H groups in total. The van der Waals surface area contributed by atoms with Crippen LogP contribution in [-0.2, 0) is 9.47 Å². The molecule has 1 aliphatic carbocycles. The summed E-state index contributed by atoms with van der Waals surface area (Å²) in [6, 6.07) is 0. The summed E-state index contributed by atoms with van der Waals surface area (Å²) in [5, 5.41) is 0. The molecule has 0 unspecified atom stereocenters. The normalized spacial score (nSPS) is 22.2. The van der Waals surface area contributed by atoms with Gasteiger partial charge in [-0.15, -0.1) is 0 Å². The number of hydrogen-bond donors (Lipinski definition) is 0. The van der Waals surface area contributed by atoms with Crippen molar-refractivity contribution in [3.8, 4) is 0 Å². The van der Waals surface area contributed by atoms with Gasteiger partial charge < -0.3 is 9.47 Å². The quantitative estimate of drug-likeness (QED) is 0.595. The Balaban J connectivity index is 2.27. The van der Waals surface area contributed by atoms with E-state index in [0.29, 0.717) is 13.2 Å². The molecule has 1 heterocycles. The fourth-order valence-electron chi connectivity index (χ4n) is 1.69. The molecular weight excluding hydrogens is 152 g/mol. The van der Waals surface area contributed by atoms with Crippen molar-refractivity contribution in [1.82, 2.24) is 0 Å². The van der Waals surface area contributed by atoms with E-state index < -0.39 is 0 Å². The molecule has 0 bridgehead atoms. The van der Waals surface area contributed by atoms with E-state index in [9.17, 15) is 0 Å². The fourth-order valence-corrected chi connectivity index (χ4v) is 1.69. The molecule has 2 aliphatic rings. The lowest BCUT2D eigenvalue weighted by molar-refractivity contribution is 0.0546. The standard InChI is InChI=1S/C10H14O2/c1-2-8-4-3-5-9-10(8)12-7-6-11-9/h5H,2-4,6-7H2,1H3. The molecule has 2 nitrogen and oxygen atoms in total. The molecule has 1 fully saturated rings. The molecule has 0 aromatic rings. The zero-order valence-corrected chi connectivity index (χ0v) is 7.43. The van der Waals surface area contributed by atoms with E-state index in [0.717, 1.165) is 30.8 Å². The van der Waals surface area contributed by atoms with E-state index in [-0.39, 0.29) is 0 Å². The Labute approximate surface area is 72.9 Å². The molecule has 0 atom stereocenters. The summed E-state index contributed by atoms with van der Waals surface area (Å²) in [6.45, 7) is 3.58. The van der Waals surface area contributed by atoms with Crippen molar-refractivity contribution in [1.29, 1.82) is 0 Å². The summed E-state index contributed by atoms with van der Waals surface area (Å²) in [6.07, 6.45) is 5.45. The molecule has 0 aromatic heterocycles. The van der Waals surface area contributed by atoms with Gasteiger partial charge in [-0.25, -0.2) is 0 Å². The minimum absolute atomic E-state index is 0.701. The third-order valence-corrected chi connectivity index (χ3v) is 2.33. The van der Waals surface area contributed by atoms with Crippen molar-refractivity contribution in [3.05, 3.63) is 23.2 Å². The monoisotopic (exact) mass is 166 g/mol. The summed E-state index contributed by atoms with van der Waals surface area (Å²) < 4.78 is 11.1. The van der Waals surface area contributed by atoms with Crippen LogP contribution < -0.4 is 0 Å². The second kappa shape index (κ2) is 3.21.